The van der Waals surface area contributed by atoms with E-state index < -0.39 is 23.7 Å². The van der Waals surface area contributed by atoms with Crippen molar-refractivity contribution in [1.29, 1.82) is 0 Å². The zero-order valence-corrected chi connectivity index (χ0v) is 26.6. The summed E-state index contributed by atoms with van der Waals surface area (Å²) in [7, 11) is 1.26. The number of aliphatic hydroxyl groups excluding tert-OH is 1. The van der Waals surface area contributed by atoms with Gasteiger partial charge in [0.1, 0.15) is 29.1 Å². The lowest BCUT2D eigenvalue weighted by Crippen LogP contribution is -2.29. The van der Waals surface area contributed by atoms with Crippen molar-refractivity contribution in [3.05, 3.63) is 105 Å². The molecule has 236 valence electrons. The third kappa shape index (κ3) is 5.69. The molecular formula is C35H32N2O8S. The first kappa shape index (κ1) is 30.8. The maximum Gasteiger partial charge on any atom is 0.350 e. The van der Waals surface area contributed by atoms with E-state index in [1.54, 1.807) is 43.3 Å². The molecule has 0 spiro atoms. The largest absolute Gasteiger partial charge is 0.507 e. The highest BCUT2D eigenvalue weighted by Crippen LogP contribution is 2.46. The quantitative estimate of drug-likeness (QED) is 0.0991. The smallest absolute Gasteiger partial charge is 0.350 e. The number of anilines is 1. The van der Waals surface area contributed by atoms with Gasteiger partial charge in [-0.15, -0.1) is 0 Å². The molecule has 1 amide bonds. The fraction of sp³-hybridized carbons (Fsp3) is 0.257. The number of ketones is 1. The maximum absolute atomic E-state index is 13.8. The number of carbonyl (C=O) groups is 3. The van der Waals surface area contributed by atoms with Crippen LogP contribution in [0.25, 0.3) is 5.76 Å². The number of methoxy groups -OCH3 is 1. The predicted octanol–water partition coefficient (Wildman–Crippen LogP) is 6.17. The predicted molar refractivity (Wildman–Crippen MR) is 172 cm³/mol. The number of aryl methyl sites for hydroxylation is 1. The summed E-state index contributed by atoms with van der Waals surface area (Å²) in [6, 6.07) is 18.9. The van der Waals surface area contributed by atoms with E-state index >= 15 is 0 Å². The van der Waals surface area contributed by atoms with Crippen LogP contribution in [0.2, 0.25) is 0 Å². The van der Waals surface area contributed by atoms with Gasteiger partial charge in [0, 0.05) is 12.0 Å². The minimum absolute atomic E-state index is 0.0188. The van der Waals surface area contributed by atoms with E-state index in [2.05, 4.69) is 4.98 Å². The standard InChI is InChI=1S/C35H32N2O8S/c1-5-43-27-17-22(11-14-26(27)44-18-21-9-7-6-8-10-21)29-28(30(38)23-12-13-25-24(16-23)15-19(2)45-25)31(39)33(40)37(29)35-36-20(3)32(46-35)34(41)42-4/h6-14,16-17,19,29,38H,5,15,18H2,1-4H3/b30-28+/t19-,29+/m1/s1. The van der Waals surface area contributed by atoms with Gasteiger partial charge in [-0.3, -0.25) is 14.5 Å². The number of amides is 1. The first-order chi connectivity index (χ1) is 22.2. The molecule has 46 heavy (non-hydrogen) atoms. The molecule has 2 aliphatic heterocycles. The molecule has 2 aliphatic rings. The SMILES string of the molecule is CCOc1cc([C@H]2/C(=C(\O)c3ccc4c(c3)C[C@@H](C)O4)C(=O)C(=O)N2c2nc(C)c(C(=O)OC)s2)ccc1OCc1ccccc1. The van der Waals surface area contributed by atoms with Gasteiger partial charge in [0.15, 0.2) is 16.6 Å². The molecule has 4 aromatic rings. The molecule has 1 saturated heterocycles. The third-order valence-corrected chi connectivity index (χ3v) is 8.93. The monoisotopic (exact) mass is 640 g/mol. The number of hydrogen-bond acceptors (Lipinski definition) is 10. The fourth-order valence-corrected chi connectivity index (χ4v) is 6.67. The number of Topliss-reactive ketones (excluding diaryl/α,β-unsaturated/α-hetero) is 1. The summed E-state index contributed by atoms with van der Waals surface area (Å²) in [4.78, 5) is 45.9. The van der Waals surface area contributed by atoms with Gasteiger partial charge in [-0.2, -0.15) is 0 Å². The minimum atomic E-state index is -1.10. The Bertz CT molecular complexity index is 1870. The van der Waals surface area contributed by atoms with Crippen LogP contribution in [-0.2, 0) is 27.4 Å². The molecule has 1 N–H and O–H groups in total. The molecule has 0 aliphatic carbocycles. The number of aliphatic hydroxyl groups is 1. The van der Waals surface area contributed by atoms with Gasteiger partial charge in [0.25, 0.3) is 5.78 Å². The molecule has 2 atom stereocenters. The number of ether oxygens (including phenoxy) is 4. The van der Waals surface area contributed by atoms with Gasteiger partial charge in [0.2, 0.25) is 0 Å². The summed E-state index contributed by atoms with van der Waals surface area (Å²) in [5.41, 5.74) is 2.93. The molecule has 0 unspecified atom stereocenters. The zero-order chi connectivity index (χ0) is 32.5. The van der Waals surface area contributed by atoms with E-state index in [1.807, 2.05) is 44.2 Å². The van der Waals surface area contributed by atoms with Crippen LogP contribution in [0.3, 0.4) is 0 Å². The fourth-order valence-electron chi connectivity index (χ4n) is 5.65. The highest BCUT2D eigenvalue weighted by molar-refractivity contribution is 7.17. The highest BCUT2D eigenvalue weighted by Gasteiger charge is 2.49. The summed E-state index contributed by atoms with van der Waals surface area (Å²) in [6.45, 7) is 6.04. The van der Waals surface area contributed by atoms with Crippen LogP contribution in [0.5, 0.6) is 17.2 Å². The van der Waals surface area contributed by atoms with Crippen molar-refractivity contribution in [1.82, 2.24) is 4.98 Å². The lowest BCUT2D eigenvalue weighted by molar-refractivity contribution is -0.132. The highest BCUT2D eigenvalue weighted by atomic mass is 32.1. The normalized spacial score (nSPS) is 18.3. The molecule has 1 aromatic heterocycles. The van der Waals surface area contributed by atoms with Gasteiger partial charge in [-0.25, -0.2) is 9.78 Å². The van der Waals surface area contributed by atoms with Gasteiger partial charge in [0.05, 0.1) is 31.0 Å². The van der Waals surface area contributed by atoms with Crippen molar-refractivity contribution in [3.8, 4) is 17.2 Å². The average molecular weight is 641 g/mol. The summed E-state index contributed by atoms with van der Waals surface area (Å²) in [5, 5.41) is 11.8. The number of esters is 1. The van der Waals surface area contributed by atoms with E-state index in [4.69, 9.17) is 18.9 Å². The van der Waals surface area contributed by atoms with Gasteiger partial charge >= 0.3 is 11.9 Å². The molecule has 11 heteroatoms. The van der Waals surface area contributed by atoms with Crippen molar-refractivity contribution < 1.29 is 38.4 Å². The minimum Gasteiger partial charge on any atom is -0.507 e. The van der Waals surface area contributed by atoms with Crippen LogP contribution in [0.1, 0.15) is 57.5 Å². The second-order valence-corrected chi connectivity index (χ2v) is 11.9. The van der Waals surface area contributed by atoms with Crippen molar-refractivity contribution >= 4 is 39.9 Å². The first-order valence-electron chi connectivity index (χ1n) is 14.8. The molecule has 10 nitrogen and oxygen atoms in total. The molecular weight excluding hydrogens is 608 g/mol. The average Bonchev–Trinajstić information content (AvgIpc) is 3.71. The molecule has 1 fully saturated rings. The zero-order valence-electron chi connectivity index (χ0n) is 25.7. The van der Waals surface area contributed by atoms with E-state index in [0.29, 0.717) is 53.7 Å². The number of benzene rings is 3. The van der Waals surface area contributed by atoms with E-state index in [9.17, 15) is 19.5 Å². The Labute approximate surface area is 269 Å². The van der Waals surface area contributed by atoms with Crippen molar-refractivity contribution in [2.45, 2.75) is 45.9 Å². The van der Waals surface area contributed by atoms with Gasteiger partial charge < -0.3 is 24.1 Å². The topological polar surface area (TPSA) is 124 Å². The maximum atomic E-state index is 13.8. The van der Waals surface area contributed by atoms with Crippen LogP contribution in [0.4, 0.5) is 5.13 Å². The van der Waals surface area contributed by atoms with Crippen molar-refractivity contribution in [2.24, 2.45) is 0 Å². The number of nitrogens with zero attached hydrogens (tertiary/aromatic N) is 2. The van der Waals surface area contributed by atoms with E-state index in [1.165, 1.54) is 12.0 Å². The summed E-state index contributed by atoms with van der Waals surface area (Å²) in [6.07, 6.45) is 0.625. The second kappa shape index (κ2) is 12.7. The third-order valence-electron chi connectivity index (χ3n) is 7.80. The molecule has 6 rings (SSSR count). The Hall–Kier alpha value is -5.16. The van der Waals surface area contributed by atoms with Crippen LogP contribution >= 0.6 is 11.3 Å². The van der Waals surface area contributed by atoms with Crippen LogP contribution in [0, 0.1) is 6.92 Å². The van der Waals surface area contributed by atoms with E-state index in [0.717, 1.165) is 22.5 Å². The van der Waals surface area contributed by atoms with Gasteiger partial charge in [-0.05, 0) is 67.8 Å². The molecule has 0 saturated carbocycles. The summed E-state index contributed by atoms with van der Waals surface area (Å²) in [5.74, 6) is -1.14. The lowest BCUT2D eigenvalue weighted by atomic mass is 9.94. The molecule has 3 heterocycles. The lowest BCUT2D eigenvalue weighted by Gasteiger charge is -2.24. The number of carbonyl (C=O) groups excluding carboxylic acids is 3. The Morgan fingerprint density at radius 1 is 1.07 bits per heavy atom. The number of aromatic nitrogens is 1. The molecule has 0 radical (unpaired) electrons. The summed E-state index contributed by atoms with van der Waals surface area (Å²) >= 11 is 0.934. The van der Waals surface area contributed by atoms with Crippen LogP contribution < -0.4 is 19.1 Å². The van der Waals surface area contributed by atoms with Crippen molar-refractivity contribution in [2.75, 3.05) is 18.6 Å². The number of rotatable bonds is 9. The number of thiazole rings is 1. The Morgan fingerprint density at radius 3 is 2.59 bits per heavy atom. The summed E-state index contributed by atoms with van der Waals surface area (Å²) < 4.78 is 22.7. The van der Waals surface area contributed by atoms with Crippen LogP contribution in [0.15, 0.2) is 72.3 Å². The van der Waals surface area contributed by atoms with Crippen LogP contribution in [-0.4, -0.2) is 47.6 Å². The van der Waals surface area contributed by atoms with Gasteiger partial charge in [-0.1, -0.05) is 47.7 Å². The Morgan fingerprint density at radius 2 is 1.85 bits per heavy atom. The number of fused-ring (bicyclic) bond motifs is 1. The number of hydrogen-bond donors (Lipinski definition) is 1. The Balaban J connectivity index is 1.48. The van der Waals surface area contributed by atoms with Crippen molar-refractivity contribution in [3.63, 3.8) is 0 Å². The molecule has 3 aromatic carbocycles. The first-order valence-corrected chi connectivity index (χ1v) is 15.6. The van der Waals surface area contributed by atoms with E-state index in [-0.39, 0.29) is 27.4 Å². The second-order valence-electron chi connectivity index (χ2n) is 10.9. The Kier molecular flexibility index (Phi) is 8.50. The molecule has 0 bridgehead atoms.